The Kier molecular flexibility index (Phi) is 6.67. The zero-order chi connectivity index (χ0) is 22.2. The van der Waals surface area contributed by atoms with E-state index in [1.807, 2.05) is 14.1 Å². The quantitative estimate of drug-likeness (QED) is 0.607. The summed E-state index contributed by atoms with van der Waals surface area (Å²) in [6.45, 7) is 1.92. The first-order valence-corrected chi connectivity index (χ1v) is 11.1. The number of halogens is 1. The lowest BCUT2D eigenvalue weighted by Crippen LogP contribution is -2.45. The number of H-pyrrole nitrogens is 1. The third-order valence-electron chi connectivity index (χ3n) is 6.33. The predicted octanol–water partition coefficient (Wildman–Crippen LogP) is 3.39. The fourth-order valence-corrected chi connectivity index (χ4v) is 4.44. The summed E-state index contributed by atoms with van der Waals surface area (Å²) in [5, 5.41) is 3.21. The third-order valence-corrected chi connectivity index (χ3v) is 6.33. The minimum absolute atomic E-state index is 0. The van der Waals surface area contributed by atoms with Gasteiger partial charge >= 0.3 is 0 Å². The molecule has 0 bridgehead atoms. The molecule has 0 radical (unpaired) electrons. The molecule has 1 fully saturated rings. The number of carbonyl (C=O) groups is 1. The minimum atomic E-state index is -0.0875. The first-order chi connectivity index (χ1) is 15.5. The van der Waals surface area contributed by atoms with E-state index in [0.29, 0.717) is 30.3 Å². The lowest BCUT2D eigenvalue weighted by molar-refractivity contribution is 0.0883. The summed E-state index contributed by atoms with van der Waals surface area (Å²) >= 11 is 0. The van der Waals surface area contributed by atoms with E-state index in [4.69, 9.17) is 14.5 Å². The van der Waals surface area contributed by atoms with Crippen molar-refractivity contribution in [2.75, 3.05) is 45.8 Å². The van der Waals surface area contributed by atoms with E-state index in [-0.39, 0.29) is 30.4 Å². The summed E-state index contributed by atoms with van der Waals surface area (Å²) in [5.74, 6) is 2.17. The summed E-state index contributed by atoms with van der Waals surface area (Å²) in [7, 11) is 6.17. The number of hydrogen-bond donors (Lipinski definition) is 2. The molecule has 8 nitrogen and oxygen atoms in total. The van der Waals surface area contributed by atoms with Crippen LogP contribution >= 0.6 is 12.4 Å². The van der Waals surface area contributed by atoms with Gasteiger partial charge in [0.25, 0.3) is 5.91 Å². The monoisotopic (exact) mass is 471 g/mol. The largest absolute Gasteiger partial charge is 0.486 e. The van der Waals surface area contributed by atoms with Crippen LogP contribution in [0.4, 0.5) is 5.69 Å². The second-order valence-corrected chi connectivity index (χ2v) is 8.77. The van der Waals surface area contributed by atoms with Gasteiger partial charge in [0.2, 0.25) is 0 Å². The molecule has 0 spiro atoms. The van der Waals surface area contributed by atoms with Crippen molar-refractivity contribution in [2.45, 2.75) is 24.9 Å². The van der Waals surface area contributed by atoms with E-state index in [2.05, 4.69) is 45.3 Å². The van der Waals surface area contributed by atoms with Gasteiger partial charge in [-0.3, -0.25) is 9.69 Å². The summed E-state index contributed by atoms with van der Waals surface area (Å²) in [6, 6.07) is 11.8. The van der Waals surface area contributed by atoms with Crippen molar-refractivity contribution < 1.29 is 14.3 Å². The van der Waals surface area contributed by atoms with Gasteiger partial charge in [-0.1, -0.05) is 0 Å². The number of aromatic nitrogens is 2. The highest BCUT2D eigenvalue weighted by Crippen LogP contribution is 2.32. The molecule has 2 aliphatic rings. The lowest BCUT2D eigenvalue weighted by atomic mass is 9.96. The molecule has 1 aromatic heterocycles. The van der Waals surface area contributed by atoms with E-state index in [9.17, 15) is 4.79 Å². The van der Waals surface area contributed by atoms with Crippen molar-refractivity contribution in [3.63, 3.8) is 0 Å². The van der Waals surface area contributed by atoms with E-state index in [1.54, 1.807) is 18.2 Å². The van der Waals surface area contributed by atoms with Crippen molar-refractivity contribution in [2.24, 2.45) is 0 Å². The van der Waals surface area contributed by atoms with Crippen LogP contribution in [0.2, 0.25) is 0 Å². The Morgan fingerprint density at radius 2 is 1.94 bits per heavy atom. The molecule has 2 N–H and O–H groups in total. The molecular weight excluding hydrogens is 442 g/mol. The maximum Gasteiger partial charge on any atom is 0.251 e. The van der Waals surface area contributed by atoms with Crippen LogP contribution in [-0.2, 0) is 0 Å². The number of piperidine rings is 1. The molecule has 3 heterocycles. The van der Waals surface area contributed by atoms with Crippen LogP contribution in [0.15, 0.2) is 36.4 Å². The average molecular weight is 472 g/mol. The highest BCUT2D eigenvalue weighted by atomic mass is 35.5. The molecule has 3 aromatic rings. The average Bonchev–Trinajstić information content (AvgIpc) is 3.23. The topological polar surface area (TPSA) is 82.7 Å². The Labute approximate surface area is 199 Å². The fourth-order valence-electron chi connectivity index (χ4n) is 4.44. The Hall–Kier alpha value is -2.97. The van der Waals surface area contributed by atoms with Gasteiger partial charge in [-0.25, -0.2) is 4.98 Å². The number of nitrogens with one attached hydrogen (secondary N) is 2. The predicted molar refractivity (Wildman–Crippen MR) is 131 cm³/mol. The Balaban J connectivity index is 0.00000259. The Morgan fingerprint density at radius 3 is 2.73 bits per heavy atom. The normalized spacial score (nSPS) is 20.2. The number of carbonyl (C=O) groups excluding carboxylic acids is 1. The van der Waals surface area contributed by atoms with Crippen LogP contribution in [0.5, 0.6) is 11.5 Å². The Bertz CT molecular complexity index is 1150. The Morgan fingerprint density at radius 1 is 1.15 bits per heavy atom. The number of hydrogen-bond acceptors (Lipinski definition) is 6. The number of anilines is 1. The lowest BCUT2D eigenvalue weighted by Gasteiger charge is -2.36. The number of fused-ring (bicyclic) bond motifs is 2. The molecular formula is C24H30ClN5O3. The summed E-state index contributed by atoms with van der Waals surface area (Å²) in [6.07, 6.45) is 1.70. The fraction of sp³-hybridized carbons (Fsp3) is 0.417. The van der Waals surface area contributed by atoms with Crippen LogP contribution in [0.3, 0.4) is 0 Å². The molecule has 0 saturated carbocycles. The molecule has 2 aliphatic heterocycles. The van der Waals surface area contributed by atoms with Crippen molar-refractivity contribution in [3.8, 4) is 11.5 Å². The van der Waals surface area contributed by atoms with E-state index in [0.717, 1.165) is 41.9 Å². The second-order valence-electron chi connectivity index (χ2n) is 8.77. The maximum absolute atomic E-state index is 12.9. The van der Waals surface area contributed by atoms with Crippen LogP contribution in [0.1, 0.15) is 35.1 Å². The molecule has 2 atom stereocenters. The standard InChI is InChI=1S/C24H29N5O3.ClH/c1-28(2)17-5-6-18-19(14-17)27-23(26-18)20-13-16(8-9-29(20)3)25-24(30)15-4-7-21-22(12-15)32-11-10-31-21;/h4-7,12,14,16,20H,8-11,13H2,1-3H3,(H,25,30)(H,26,27);1H/t16-,20-;/m1./s1. The second kappa shape index (κ2) is 9.49. The van der Waals surface area contributed by atoms with Crippen LogP contribution in [0.25, 0.3) is 11.0 Å². The number of imidazole rings is 1. The zero-order valence-electron chi connectivity index (χ0n) is 19.1. The van der Waals surface area contributed by atoms with Crippen molar-refractivity contribution in [3.05, 3.63) is 47.8 Å². The smallest absolute Gasteiger partial charge is 0.251 e. The first-order valence-electron chi connectivity index (χ1n) is 11.1. The number of amides is 1. The van der Waals surface area contributed by atoms with Gasteiger partial charge in [-0.15, -0.1) is 12.4 Å². The summed E-state index contributed by atoms with van der Waals surface area (Å²) < 4.78 is 11.2. The van der Waals surface area contributed by atoms with Gasteiger partial charge in [0.1, 0.15) is 19.0 Å². The summed E-state index contributed by atoms with van der Waals surface area (Å²) in [5.41, 5.74) is 3.71. The molecule has 1 saturated heterocycles. The summed E-state index contributed by atoms with van der Waals surface area (Å²) in [4.78, 5) is 25.7. The van der Waals surface area contributed by atoms with Crippen LogP contribution in [-0.4, -0.2) is 67.7 Å². The van der Waals surface area contributed by atoms with E-state index in [1.165, 1.54) is 0 Å². The van der Waals surface area contributed by atoms with Gasteiger partial charge in [0.15, 0.2) is 11.5 Å². The minimum Gasteiger partial charge on any atom is -0.486 e. The maximum atomic E-state index is 12.9. The molecule has 0 unspecified atom stereocenters. The molecule has 9 heteroatoms. The van der Waals surface area contributed by atoms with E-state index >= 15 is 0 Å². The van der Waals surface area contributed by atoms with Gasteiger partial charge in [0, 0.05) is 37.9 Å². The number of nitrogens with zero attached hydrogens (tertiary/aromatic N) is 3. The van der Waals surface area contributed by atoms with Gasteiger partial charge < -0.3 is 24.7 Å². The van der Waals surface area contributed by atoms with Crippen LogP contribution < -0.4 is 19.7 Å². The molecule has 1 amide bonds. The zero-order valence-corrected chi connectivity index (χ0v) is 19.9. The molecule has 33 heavy (non-hydrogen) atoms. The van der Waals surface area contributed by atoms with Gasteiger partial charge in [0.05, 0.1) is 17.1 Å². The SMILES string of the molecule is CN(C)c1ccc2nc([C@H]3C[C@H](NC(=O)c4ccc5c(c4)OCCO5)CCN3C)[nH]c2c1.Cl. The number of likely N-dealkylation sites (tertiary alicyclic amines) is 1. The van der Waals surface area contributed by atoms with Crippen LogP contribution in [0, 0.1) is 0 Å². The first kappa shape index (κ1) is 23.2. The molecule has 0 aliphatic carbocycles. The number of aromatic amines is 1. The third kappa shape index (κ3) is 4.72. The van der Waals surface area contributed by atoms with Crippen molar-refractivity contribution in [1.29, 1.82) is 0 Å². The molecule has 2 aromatic carbocycles. The number of benzene rings is 2. The van der Waals surface area contributed by atoms with E-state index < -0.39 is 0 Å². The molecule has 5 rings (SSSR count). The highest BCUT2D eigenvalue weighted by molar-refractivity contribution is 5.95. The van der Waals surface area contributed by atoms with Gasteiger partial charge in [-0.2, -0.15) is 0 Å². The number of ether oxygens (including phenoxy) is 2. The number of rotatable bonds is 4. The van der Waals surface area contributed by atoms with Crippen molar-refractivity contribution >= 4 is 35.0 Å². The van der Waals surface area contributed by atoms with Gasteiger partial charge in [-0.05, 0) is 56.3 Å². The highest BCUT2D eigenvalue weighted by Gasteiger charge is 2.30. The van der Waals surface area contributed by atoms with Crippen molar-refractivity contribution in [1.82, 2.24) is 20.2 Å². The molecule has 176 valence electrons.